The summed E-state index contributed by atoms with van der Waals surface area (Å²) in [6.45, 7) is 17.0. The Morgan fingerprint density at radius 3 is 2.30 bits per heavy atom. The van der Waals surface area contributed by atoms with E-state index in [9.17, 15) is 9.59 Å². The molecule has 0 saturated carbocycles. The Bertz CT molecular complexity index is 1610. The fourth-order valence-electron chi connectivity index (χ4n) is 5.68. The number of ether oxygens (including phenoxy) is 1. The lowest BCUT2D eigenvalue weighted by Gasteiger charge is -2.31. The van der Waals surface area contributed by atoms with Gasteiger partial charge in [0.2, 0.25) is 5.16 Å². The van der Waals surface area contributed by atoms with Crippen LogP contribution in [-0.4, -0.2) is 67.2 Å². The van der Waals surface area contributed by atoms with E-state index in [-0.39, 0.29) is 22.6 Å². The number of hydrogen-bond acceptors (Lipinski definition) is 9. The smallest absolute Gasteiger partial charge is 0.268 e. The van der Waals surface area contributed by atoms with Crippen LogP contribution in [0.1, 0.15) is 91.7 Å². The number of aryl methyl sites for hydroxylation is 1. The van der Waals surface area contributed by atoms with Gasteiger partial charge in [-0.2, -0.15) is 10.1 Å². The minimum Gasteiger partial charge on any atom is -0.480 e. The third-order valence-corrected chi connectivity index (χ3v) is 10.9. The molecule has 0 spiro atoms. The van der Waals surface area contributed by atoms with Crippen LogP contribution in [0.5, 0.6) is 5.75 Å². The van der Waals surface area contributed by atoms with Crippen LogP contribution in [-0.2, 0) is 27.5 Å². The lowest BCUT2D eigenvalue weighted by atomic mass is 9.76. The number of carbonyl (C=O) groups is 2. The van der Waals surface area contributed by atoms with E-state index in [1.807, 2.05) is 13.0 Å². The molecular formula is C35H48N8O3S. The van der Waals surface area contributed by atoms with Gasteiger partial charge in [0, 0.05) is 31.4 Å². The van der Waals surface area contributed by atoms with Gasteiger partial charge in [-0.15, -0.1) is 5.10 Å². The Morgan fingerprint density at radius 2 is 1.70 bits per heavy atom. The molecule has 0 radical (unpaired) electrons. The third kappa shape index (κ3) is 7.32. The number of nitrogens with zero attached hydrogens (tertiary/aromatic N) is 7. The SMILES string of the molecule is CCC(Oc1ccc(C(C)(C)CC)cc1C(C)(C)CC)C(=O)Nc1ccc(N2N=C(N3CCCC3)C(Sc3nnnn3C)C2=O)cc1. The van der Waals surface area contributed by atoms with Gasteiger partial charge in [0.15, 0.2) is 11.4 Å². The number of carbonyl (C=O) groups excluding carboxylic acids is 2. The second kappa shape index (κ2) is 14.0. The lowest BCUT2D eigenvalue weighted by molar-refractivity contribution is -0.123. The molecule has 2 amide bonds. The molecule has 1 fully saturated rings. The van der Waals surface area contributed by atoms with Gasteiger partial charge in [-0.3, -0.25) is 9.59 Å². The zero-order valence-electron chi connectivity index (χ0n) is 28.9. The van der Waals surface area contributed by atoms with Crippen LogP contribution in [0.25, 0.3) is 0 Å². The predicted octanol–water partition coefficient (Wildman–Crippen LogP) is 6.30. The number of thioether (sulfide) groups is 1. The van der Waals surface area contributed by atoms with Crippen molar-refractivity contribution in [2.24, 2.45) is 12.1 Å². The quantitative estimate of drug-likeness (QED) is 0.241. The number of aromatic nitrogens is 4. The standard InChI is InChI=1S/C35H48N8O3S/c1-9-27(46-28-19-14-23(34(4,5)10-2)22-26(28)35(6,7)11-3)31(44)36-24-15-17-25(18-16-24)43-32(45)29(47-33-37-39-40-41(33)8)30(38-43)42-20-12-13-21-42/h14-19,22,27,29H,9-13,20-21H2,1-8H3,(H,36,44). The first kappa shape index (κ1) is 34.4. The van der Waals surface area contributed by atoms with Gasteiger partial charge < -0.3 is 15.0 Å². The Morgan fingerprint density at radius 1 is 1.02 bits per heavy atom. The Hall–Kier alpha value is -3.93. The number of tetrazole rings is 1. The van der Waals surface area contributed by atoms with Crippen LogP contribution in [0.3, 0.4) is 0 Å². The molecule has 11 nitrogen and oxygen atoms in total. The molecule has 1 saturated heterocycles. The number of amidine groups is 1. The average molecular weight is 661 g/mol. The maximum atomic E-state index is 13.7. The highest BCUT2D eigenvalue weighted by molar-refractivity contribution is 8.01. The maximum Gasteiger partial charge on any atom is 0.268 e. The molecule has 1 N–H and O–H groups in total. The van der Waals surface area contributed by atoms with E-state index in [0.717, 1.165) is 55.9 Å². The molecule has 0 bridgehead atoms. The van der Waals surface area contributed by atoms with Crippen LogP contribution < -0.4 is 15.1 Å². The molecule has 1 aromatic heterocycles. The second-order valence-corrected chi connectivity index (χ2v) is 14.7. The van der Waals surface area contributed by atoms with E-state index in [0.29, 0.717) is 23.0 Å². The molecule has 2 aliphatic rings. The highest BCUT2D eigenvalue weighted by Crippen LogP contribution is 2.39. The molecule has 47 heavy (non-hydrogen) atoms. The third-order valence-electron chi connectivity index (χ3n) is 9.67. The van der Waals surface area contributed by atoms with Gasteiger partial charge in [0.1, 0.15) is 11.6 Å². The largest absolute Gasteiger partial charge is 0.480 e. The number of amides is 2. The number of benzene rings is 2. The molecule has 2 unspecified atom stereocenters. The maximum absolute atomic E-state index is 13.7. The van der Waals surface area contributed by atoms with Gasteiger partial charge in [0.25, 0.3) is 11.8 Å². The fraction of sp³-hybridized carbons (Fsp3) is 0.543. The van der Waals surface area contributed by atoms with Gasteiger partial charge in [-0.05, 0) is 89.3 Å². The Balaban J connectivity index is 1.31. The number of hydrazone groups is 1. The van der Waals surface area contributed by atoms with Crippen molar-refractivity contribution in [2.45, 2.75) is 108 Å². The summed E-state index contributed by atoms with van der Waals surface area (Å²) in [4.78, 5) is 29.4. The highest BCUT2D eigenvalue weighted by atomic mass is 32.2. The van der Waals surface area contributed by atoms with Crippen LogP contribution in [0.2, 0.25) is 0 Å². The van der Waals surface area contributed by atoms with Crippen LogP contribution in [0.4, 0.5) is 11.4 Å². The van der Waals surface area contributed by atoms with Crippen LogP contribution in [0, 0.1) is 0 Å². The molecule has 5 rings (SSSR count). The fourth-order valence-corrected chi connectivity index (χ4v) is 6.66. The normalized spacial score (nSPS) is 17.7. The summed E-state index contributed by atoms with van der Waals surface area (Å²) >= 11 is 1.30. The molecule has 2 aliphatic heterocycles. The first-order valence-electron chi connectivity index (χ1n) is 16.7. The first-order valence-corrected chi connectivity index (χ1v) is 17.6. The summed E-state index contributed by atoms with van der Waals surface area (Å²) in [5.41, 5.74) is 3.54. The van der Waals surface area contributed by atoms with Crippen molar-refractivity contribution in [3.05, 3.63) is 53.6 Å². The summed E-state index contributed by atoms with van der Waals surface area (Å²) in [5, 5.41) is 20.9. The van der Waals surface area contributed by atoms with Crippen molar-refractivity contribution < 1.29 is 14.3 Å². The van der Waals surface area contributed by atoms with E-state index in [4.69, 9.17) is 9.84 Å². The molecule has 2 aromatic carbocycles. The lowest BCUT2D eigenvalue weighted by Crippen LogP contribution is -2.37. The summed E-state index contributed by atoms with van der Waals surface area (Å²) < 4.78 is 8.01. The molecular weight excluding hydrogens is 613 g/mol. The minimum absolute atomic E-state index is 0.0408. The topological polar surface area (TPSA) is 118 Å². The number of nitrogens with one attached hydrogen (secondary N) is 1. The first-order chi connectivity index (χ1) is 22.4. The van der Waals surface area contributed by atoms with Crippen LogP contribution in [0.15, 0.2) is 52.7 Å². The number of rotatable bonds is 12. The zero-order valence-corrected chi connectivity index (χ0v) is 29.7. The van der Waals surface area contributed by atoms with E-state index < -0.39 is 11.4 Å². The van der Waals surface area contributed by atoms with Gasteiger partial charge in [-0.1, -0.05) is 72.4 Å². The van der Waals surface area contributed by atoms with Crippen molar-refractivity contribution in [1.82, 2.24) is 25.1 Å². The molecule has 252 valence electrons. The monoisotopic (exact) mass is 660 g/mol. The van der Waals surface area contributed by atoms with E-state index in [1.165, 1.54) is 22.3 Å². The zero-order chi connectivity index (χ0) is 33.9. The Kier molecular flexibility index (Phi) is 10.3. The Labute approximate surface area is 282 Å². The van der Waals surface area contributed by atoms with E-state index in [2.05, 4.69) is 79.4 Å². The minimum atomic E-state index is -0.674. The van der Waals surface area contributed by atoms with E-state index in [1.54, 1.807) is 36.0 Å². The number of likely N-dealkylation sites (tertiary alicyclic amines) is 1. The summed E-state index contributed by atoms with van der Waals surface area (Å²) in [6.07, 6.45) is 3.92. The summed E-state index contributed by atoms with van der Waals surface area (Å²) in [6, 6.07) is 13.6. The van der Waals surface area contributed by atoms with E-state index >= 15 is 0 Å². The molecule has 2 atom stereocenters. The van der Waals surface area contributed by atoms with Crippen molar-refractivity contribution in [3.63, 3.8) is 0 Å². The molecule has 12 heteroatoms. The summed E-state index contributed by atoms with van der Waals surface area (Å²) in [5.74, 6) is 1.08. The number of hydrogen-bond donors (Lipinski definition) is 1. The van der Waals surface area contributed by atoms with Gasteiger partial charge in [-0.25, -0.2) is 4.68 Å². The molecule has 0 aliphatic carbocycles. The van der Waals surface area contributed by atoms with Gasteiger partial charge >= 0.3 is 0 Å². The van der Waals surface area contributed by atoms with Crippen molar-refractivity contribution in [2.75, 3.05) is 23.4 Å². The van der Waals surface area contributed by atoms with Crippen molar-refractivity contribution in [1.29, 1.82) is 0 Å². The predicted molar refractivity (Wildman–Crippen MR) is 187 cm³/mol. The van der Waals surface area contributed by atoms with Gasteiger partial charge in [0.05, 0.1) is 5.69 Å². The van der Waals surface area contributed by atoms with Crippen molar-refractivity contribution >= 4 is 40.8 Å². The number of anilines is 2. The summed E-state index contributed by atoms with van der Waals surface area (Å²) in [7, 11) is 1.75. The highest BCUT2D eigenvalue weighted by Gasteiger charge is 2.42. The molecule has 3 aromatic rings. The molecule has 3 heterocycles. The van der Waals surface area contributed by atoms with Crippen LogP contribution >= 0.6 is 11.8 Å². The van der Waals surface area contributed by atoms with Crippen molar-refractivity contribution in [3.8, 4) is 5.75 Å². The second-order valence-electron chi connectivity index (χ2n) is 13.6. The average Bonchev–Trinajstić information content (AvgIpc) is 3.82.